The molecule has 2 saturated heterocycles. The van der Waals surface area contributed by atoms with Gasteiger partial charge in [0.1, 0.15) is 0 Å². The van der Waals surface area contributed by atoms with Gasteiger partial charge in [0, 0.05) is 51.9 Å². The highest BCUT2D eigenvalue weighted by molar-refractivity contribution is 5.81. The van der Waals surface area contributed by atoms with Gasteiger partial charge < -0.3 is 19.9 Å². The maximum Gasteiger partial charge on any atom is 0.236 e. The minimum atomic E-state index is 0.0748. The first-order valence-corrected chi connectivity index (χ1v) is 11.1. The van der Waals surface area contributed by atoms with Crippen molar-refractivity contribution in [1.82, 2.24) is 15.1 Å². The second-order valence-corrected chi connectivity index (χ2v) is 9.48. The summed E-state index contributed by atoms with van der Waals surface area (Å²) in [6, 6.07) is 0.235. The summed E-state index contributed by atoms with van der Waals surface area (Å²) < 4.78 is 5.21. The van der Waals surface area contributed by atoms with Crippen LogP contribution in [0.3, 0.4) is 0 Å². The minimum absolute atomic E-state index is 0.0748. The second kappa shape index (κ2) is 11.1. The molecule has 2 amide bonds. The number of nitrogens with one attached hydrogen (secondary N) is 1. The standard InChI is InChI=1S/C22H41N3O3/c1-22(2,3)19(11-16-28-4)23-17-20(26)24-14-9-18(10-15-24)21(27)25-12-7-5-6-8-13-25/h18-19,23H,5-17H2,1-4H3/t19-/m0/s1. The lowest BCUT2D eigenvalue weighted by Crippen LogP contribution is -2.49. The number of nitrogens with zero attached hydrogens (tertiary/aromatic N) is 2. The third-order valence-electron chi connectivity index (χ3n) is 6.27. The van der Waals surface area contributed by atoms with E-state index in [0.717, 1.165) is 45.2 Å². The number of hydrogen-bond acceptors (Lipinski definition) is 4. The van der Waals surface area contributed by atoms with Gasteiger partial charge in [0.25, 0.3) is 0 Å². The SMILES string of the molecule is COCC[C@H](NCC(=O)N1CCC(C(=O)N2CCCCCC2)CC1)C(C)(C)C. The summed E-state index contributed by atoms with van der Waals surface area (Å²) in [6.45, 7) is 10.8. The molecule has 0 unspecified atom stereocenters. The zero-order valence-electron chi connectivity index (χ0n) is 18.5. The topological polar surface area (TPSA) is 61.9 Å². The van der Waals surface area contributed by atoms with Crippen LogP contribution < -0.4 is 5.32 Å². The second-order valence-electron chi connectivity index (χ2n) is 9.48. The fraction of sp³-hybridized carbons (Fsp3) is 0.909. The Hall–Kier alpha value is -1.14. The predicted molar refractivity (Wildman–Crippen MR) is 112 cm³/mol. The third kappa shape index (κ3) is 7.03. The summed E-state index contributed by atoms with van der Waals surface area (Å²) in [4.78, 5) is 29.5. The molecular weight excluding hydrogens is 354 g/mol. The van der Waals surface area contributed by atoms with Crippen LogP contribution in [-0.4, -0.2) is 74.1 Å². The highest BCUT2D eigenvalue weighted by Gasteiger charge is 2.31. The first kappa shape index (κ1) is 23.1. The maximum atomic E-state index is 12.8. The van der Waals surface area contributed by atoms with E-state index in [-0.39, 0.29) is 23.3 Å². The Morgan fingerprint density at radius 1 is 1.00 bits per heavy atom. The van der Waals surface area contributed by atoms with E-state index in [1.54, 1.807) is 7.11 Å². The molecule has 2 aliphatic heterocycles. The fourth-order valence-electron chi connectivity index (χ4n) is 4.32. The van der Waals surface area contributed by atoms with Crippen molar-refractivity contribution in [2.24, 2.45) is 11.3 Å². The van der Waals surface area contributed by atoms with Crippen molar-refractivity contribution in [2.45, 2.75) is 71.8 Å². The van der Waals surface area contributed by atoms with E-state index in [4.69, 9.17) is 4.74 Å². The number of methoxy groups -OCH3 is 1. The average Bonchev–Trinajstić information content (AvgIpc) is 2.96. The molecule has 28 heavy (non-hydrogen) atoms. The predicted octanol–water partition coefficient (Wildman–Crippen LogP) is 2.67. The summed E-state index contributed by atoms with van der Waals surface area (Å²) in [6.07, 6.45) is 7.23. The van der Waals surface area contributed by atoms with E-state index >= 15 is 0 Å². The molecule has 0 bridgehead atoms. The van der Waals surface area contributed by atoms with Crippen LogP contribution in [-0.2, 0) is 14.3 Å². The van der Waals surface area contributed by atoms with Crippen molar-refractivity contribution in [3.8, 4) is 0 Å². The van der Waals surface area contributed by atoms with Crippen molar-refractivity contribution >= 4 is 11.8 Å². The molecule has 162 valence electrons. The first-order chi connectivity index (χ1) is 13.3. The molecule has 0 radical (unpaired) electrons. The fourth-order valence-corrected chi connectivity index (χ4v) is 4.32. The zero-order valence-corrected chi connectivity index (χ0v) is 18.5. The first-order valence-electron chi connectivity index (χ1n) is 11.1. The van der Waals surface area contributed by atoms with Crippen LogP contribution in [0.25, 0.3) is 0 Å². The van der Waals surface area contributed by atoms with Gasteiger partial charge in [-0.3, -0.25) is 9.59 Å². The number of hydrogen-bond donors (Lipinski definition) is 1. The highest BCUT2D eigenvalue weighted by atomic mass is 16.5. The van der Waals surface area contributed by atoms with Crippen LogP contribution in [0.15, 0.2) is 0 Å². The van der Waals surface area contributed by atoms with Crippen molar-refractivity contribution in [1.29, 1.82) is 0 Å². The van der Waals surface area contributed by atoms with E-state index in [9.17, 15) is 9.59 Å². The van der Waals surface area contributed by atoms with Gasteiger partial charge in [0.05, 0.1) is 6.54 Å². The van der Waals surface area contributed by atoms with Crippen LogP contribution >= 0.6 is 0 Å². The molecule has 2 rings (SSSR count). The Kier molecular flexibility index (Phi) is 9.22. The lowest BCUT2D eigenvalue weighted by Gasteiger charge is -2.35. The van der Waals surface area contributed by atoms with Gasteiger partial charge in [-0.25, -0.2) is 0 Å². The van der Waals surface area contributed by atoms with E-state index in [0.29, 0.717) is 32.1 Å². The lowest BCUT2D eigenvalue weighted by atomic mass is 9.85. The third-order valence-corrected chi connectivity index (χ3v) is 6.27. The van der Waals surface area contributed by atoms with Gasteiger partial charge in [0.2, 0.25) is 11.8 Å². The van der Waals surface area contributed by atoms with Crippen LogP contribution in [0.5, 0.6) is 0 Å². The van der Waals surface area contributed by atoms with Crippen LogP contribution in [0.1, 0.15) is 65.7 Å². The number of ether oxygens (including phenoxy) is 1. The summed E-state index contributed by atoms with van der Waals surface area (Å²) in [5.41, 5.74) is 0.0748. The molecule has 2 heterocycles. The van der Waals surface area contributed by atoms with Crippen molar-refractivity contribution in [3.05, 3.63) is 0 Å². The number of piperidine rings is 1. The van der Waals surface area contributed by atoms with Gasteiger partial charge in [-0.1, -0.05) is 33.6 Å². The van der Waals surface area contributed by atoms with Crippen molar-refractivity contribution < 1.29 is 14.3 Å². The quantitative estimate of drug-likeness (QED) is 0.720. The molecule has 2 aliphatic rings. The number of carbonyl (C=O) groups is 2. The van der Waals surface area contributed by atoms with Crippen LogP contribution in [0.4, 0.5) is 0 Å². The van der Waals surface area contributed by atoms with E-state index < -0.39 is 0 Å². The van der Waals surface area contributed by atoms with E-state index in [2.05, 4.69) is 31.0 Å². The highest BCUT2D eigenvalue weighted by Crippen LogP contribution is 2.23. The molecule has 6 heteroatoms. The van der Waals surface area contributed by atoms with E-state index in [1.165, 1.54) is 12.8 Å². The van der Waals surface area contributed by atoms with E-state index in [1.807, 2.05) is 4.90 Å². The molecule has 0 aromatic heterocycles. The molecule has 1 atom stereocenters. The number of rotatable bonds is 7. The Morgan fingerprint density at radius 3 is 2.14 bits per heavy atom. The van der Waals surface area contributed by atoms with Gasteiger partial charge in [0.15, 0.2) is 0 Å². The van der Waals surface area contributed by atoms with Crippen molar-refractivity contribution in [3.63, 3.8) is 0 Å². The minimum Gasteiger partial charge on any atom is -0.385 e. The normalized spacial score (nSPS) is 20.7. The van der Waals surface area contributed by atoms with Crippen LogP contribution in [0.2, 0.25) is 0 Å². The molecule has 1 N–H and O–H groups in total. The molecule has 2 fully saturated rings. The molecule has 0 aromatic carbocycles. The molecule has 0 aliphatic carbocycles. The zero-order chi connectivity index (χ0) is 20.6. The Morgan fingerprint density at radius 2 is 1.61 bits per heavy atom. The Bertz CT molecular complexity index is 488. The summed E-state index contributed by atoms with van der Waals surface area (Å²) >= 11 is 0. The number of likely N-dealkylation sites (tertiary alicyclic amines) is 2. The Balaban J connectivity index is 1.77. The van der Waals surface area contributed by atoms with Gasteiger partial charge in [-0.15, -0.1) is 0 Å². The van der Waals surface area contributed by atoms with Gasteiger partial charge in [-0.05, 0) is 37.5 Å². The molecule has 6 nitrogen and oxygen atoms in total. The largest absolute Gasteiger partial charge is 0.385 e. The average molecular weight is 396 g/mol. The summed E-state index contributed by atoms with van der Waals surface area (Å²) in [7, 11) is 1.71. The summed E-state index contributed by atoms with van der Waals surface area (Å²) in [5.74, 6) is 0.561. The maximum absolute atomic E-state index is 12.8. The monoisotopic (exact) mass is 395 g/mol. The molecule has 0 saturated carbocycles. The van der Waals surface area contributed by atoms with Gasteiger partial charge in [-0.2, -0.15) is 0 Å². The Labute approximate surface area is 171 Å². The van der Waals surface area contributed by atoms with Crippen LogP contribution in [0, 0.1) is 11.3 Å². The van der Waals surface area contributed by atoms with Crippen molar-refractivity contribution in [2.75, 3.05) is 46.4 Å². The smallest absolute Gasteiger partial charge is 0.236 e. The molecular formula is C22H41N3O3. The summed E-state index contributed by atoms with van der Waals surface area (Å²) in [5, 5.41) is 3.44. The lowest BCUT2D eigenvalue weighted by molar-refractivity contribution is -0.140. The number of carbonyl (C=O) groups excluding carboxylic acids is 2. The number of amides is 2. The molecule has 0 spiro atoms. The van der Waals surface area contributed by atoms with Gasteiger partial charge >= 0.3 is 0 Å². The molecule has 0 aromatic rings.